The van der Waals surface area contributed by atoms with Crippen LogP contribution in [0.2, 0.25) is 5.02 Å². The lowest BCUT2D eigenvalue weighted by Gasteiger charge is -2.12. The van der Waals surface area contributed by atoms with Crippen LogP contribution < -0.4 is 5.32 Å². The third-order valence-electron chi connectivity index (χ3n) is 3.04. The molecule has 3 nitrogen and oxygen atoms in total. The van der Waals surface area contributed by atoms with Crippen molar-refractivity contribution in [3.8, 4) is 0 Å². The molecule has 0 saturated carbocycles. The lowest BCUT2D eigenvalue weighted by atomic mass is 10.2. The van der Waals surface area contributed by atoms with Crippen molar-refractivity contribution >= 4 is 22.6 Å². The van der Waals surface area contributed by atoms with Gasteiger partial charge < -0.3 is 10.3 Å². The summed E-state index contributed by atoms with van der Waals surface area (Å²) < 4.78 is 0. The smallest absolute Gasteiger partial charge is 0.121 e. The number of aromatic nitrogens is 2. The fourth-order valence-corrected chi connectivity index (χ4v) is 2.11. The second kappa shape index (κ2) is 5.52. The second-order valence-electron chi connectivity index (χ2n) is 4.24. The standard InChI is InChI=1S/C13H18ClN3/c1-3-10(4-2)15-8-13-16-11-6-5-9(14)7-12(11)17-13/h5-7,10,15H,3-4,8H2,1-2H3,(H,16,17). The molecule has 1 aromatic heterocycles. The number of aromatic amines is 1. The van der Waals surface area contributed by atoms with Crippen LogP contribution >= 0.6 is 11.6 Å². The van der Waals surface area contributed by atoms with Crippen LogP contribution in [0.3, 0.4) is 0 Å². The van der Waals surface area contributed by atoms with Gasteiger partial charge in [-0.25, -0.2) is 4.98 Å². The number of benzene rings is 1. The summed E-state index contributed by atoms with van der Waals surface area (Å²) in [7, 11) is 0. The third kappa shape index (κ3) is 2.99. The maximum absolute atomic E-state index is 5.94. The summed E-state index contributed by atoms with van der Waals surface area (Å²) in [5, 5.41) is 4.22. The van der Waals surface area contributed by atoms with Gasteiger partial charge in [0.25, 0.3) is 0 Å². The maximum Gasteiger partial charge on any atom is 0.121 e. The number of rotatable bonds is 5. The molecule has 0 spiro atoms. The van der Waals surface area contributed by atoms with Crippen LogP contribution in [-0.2, 0) is 6.54 Å². The van der Waals surface area contributed by atoms with Crippen LogP contribution in [0.4, 0.5) is 0 Å². The molecule has 2 N–H and O–H groups in total. The van der Waals surface area contributed by atoms with Gasteiger partial charge in [0, 0.05) is 11.1 Å². The SMILES string of the molecule is CCC(CC)NCc1nc2ccc(Cl)cc2[nH]1. The summed E-state index contributed by atoms with van der Waals surface area (Å²) in [6, 6.07) is 6.27. The van der Waals surface area contributed by atoms with Gasteiger partial charge in [0.2, 0.25) is 0 Å². The predicted octanol–water partition coefficient (Wildman–Crippen LogP) is 3.49. The minimum atomic E-state index is 0.562. The lowest BCUT2D eigenvalue weighted by molar-refractivity contribution is 0.478. The summed E-state index contributed by atoms with van der Waals surface area (Å²) in [6.45, 7) is 5.16. The van der Waals surface area contributed by atoms with E-state index < -0.39 is 0 Å². The zero-order valence-electron chi connectivity index (χ0n) is 10.3. The van der Waals surface area contributed by atoms with Crippen molar-refractivity contribution in [2.45, 2.75) is 39.3 Å². The van der Waals surface area contributed by atoms with Crippen molar-refractivity contribution in [1.29, 1.82) is 0 Å². The molecular weight excluding hydrogens is 234 g/mol. The lowest BCUT2D eigenvalue weighted by Crippen LogP contribution is -2.27. The number of hydrogen-bond acceptors (Lipinski definition) is 2. The summed E-state index contributed by atoms with van der Waals surface area (Å²) >= 11 is 5.94. The minimum Gasteiger partial charge on any atom is -0.341 e. The van der Waals surface area contributed by atoms with E-state index >= 15 is 0 Å². The Labute approximate surface area is 107 Å². The summed E-state index contributed by atoms with van der Waals surface area (Å²) in [6.07, 6.45) is 2.28. The van der Waals surface area contributed by atoms with Gasteiger partial charge in [-0.15, -0.1) is 0 Å². The van der Waals surface area contributed by atoms with Crippen LogP contribution in [0.5, 0.6) is 0 Å². The van der Waals surface area contributed by atoms with Crippen LogP contribution in [0, 0.1) is 0 Å². The first-order chi connectivity index (χ1) is 8.22. The van der Waals surface area contributed by atoms with E-state index in [1.54, 1.807) is 0 Å². The number of H-pyrrole nitrogens is 1. The minimum absolute atomic E-state index is 0.562. The topological polar surface area (TPSA) is 40.7 Å². The van der Waals surface area contributed by atoms with Crippen LogP contribution in [0.15, 0.2) is 18.2 Å². The first kappa shape index (κ1) is 12.4. The Morgan fingerprint density at radius 1 is 1.35 bits per heavy atom. The van der Waals surface area contributed by atoms with Gasteiger partial charge in [-0.3, -0.25) is 0 Å². The fraction of sp³-hybridized carbons (Fsp3) is 0.462. The number of nitrogens with one attached hydrogen (secondary N) is 2. The van der Waals surface area contributed by atoms with Gasteiger partial charge in [0.15, 0.2) is 0 Å². The van der Waals surface area contributed by atoms with Gasteiger partial charge in [-0.1, -0.05) is 25.4 Å². The summed E-state index contributed by atoms with van der Waals surface area (Å²) in [4.78, 5) is 7.80. The highest BCUT2D eigenvalue weighted by Crippen LogP contribution is 2.17. The highest BCUT2D eigenvalue weighted by atomic mass is 35.5. The Kier molecular flexibility index (Phi) is 4.02. The predicted molar refractivity (Wildman–Crippen MR) is 72.3 cm³/mol. The molecule has 0 unspecified atom stereocenters. The Balaban J connectivity index is 2.09. The number of hydrogen-bond donors (Lipinski definition) is 2. The molecule has 1 heterocycles. The Morgan fingerprint density at radius 2 is 2.12 bits per heavy atom. The zero-order chi connectivity index (χ0) is 12.3. The normalized spacial score (nSPS) is 11.5. The van der Waals surface area contributed by atoms with Crippen molar-refractivity contribution in [3.05, 3.63) is 29.0 Å². The number of nitrogens with zero attached hydrogens (tertiary/aromatic N) is 1. The average Bonchev–Trinajstić information content (AvgIpc) is 2.72. The fourth-order valence-electron chi connectivity index (χ4n) is 1.94. The molecule has 17 heavy (non-hydrogen) atoms. The Hall–Kier alpha value is -1.06. The molecule has 0 amide bonds. The molecule has 0 saturated heterocycles. The molecular formula is C13H18ClN3. The highest BCUT2D eigenvalue weighted by Gasteiger charge is 2.06. The van der Waals surface area contributed by atoms with E-state index in [4.69, 9.17) is 11.6 Å². The van der Waals surface area contributed by atoms with E-state index in [-0.39, 0.29) is 0 Å². The quantitative estimate of drug-likeness (QED) is 0.854. The first-order valence-electron chi connectivity index (χ1n) is 6.10. The van der Waals surface area contributed by atoms with Crippen molar-refractivity contribution in [3.63, 3.8) is 0 Å². The molecule has 0 aliphatic carbocycles. The molecule has 2 rings (SSSR count). The Morgan fingerprint density at radius 3 is 2.82 bits per heavy atom. The van der Waals surface area contributed by atoms with E-state index in [0.717, 1.165) is 41.3 Å². The molecule has 1 aromatic carbocycles. The molecule has 4 heteroatoms. The van der Waals surface area contributed by atoms with E-state index in [2.05, 4.69) is 29.1 Å². The molecule has 0 radical (unpaired) electrons. The summed E-state index contributed by atoms with van der Waals surface area (Å²) in [5.41, 5.74) is 1.97. The highest BCUT2D eigenvalue weighted by molar-refractivity contribution is 6.31. The van der Waals surface area contributed by atoms with Crippen molar-refractivity contribution in [2.75, 3.05) is 0 Å². The maximum atomic E-state index is 5.94. The molecule has 0 fully saturated rings. The first-order valence-corrected chi connectivity index (χ1v) is 6.48. The molecule has 92 valence electrons. The molecule has 0 aliphatic heterocycles. The second-order valence-corrected chi connectivity index (χ2v) is 4.68. The van der Waals surface area contributed by atoms with Crippen molar-refractivity contribution < 1.29 is 0 Å². The van der Waals surface area contributed by atoms with Crippen LogP contribution in [-0.4, -0.2) is 16.0 Å². The third-order valence-corrected chi connectivity index (χ3v) is 3.27. The van der Waals surface area contributed by atoms with Gasteiger partial charge in [0.05, 0.1) is 17.6 Å². The van der Waals surface area contributed by atoms with Gasteiger partial charge >= 0.3 is 0 Å². The van der Waals surface area contributed by atoms with E-state index in [1.165, 1.54) is 0 Å². The Bertz CT molecular complexity index is 488. The van der Waals surface area contributed by atoms with E-state index in [0.29, 0.717) is 6.04 Å². The number of halogens is 1. The molecule has 0 bridgehead atoms. The zero-order valence-corrected chi connectivity index (χ0v) is 11.0. The van der Waals surface area contributed by atoms with Crippen LogP contribution in [0.25, 0.3) is 11.0 Å². The summed E-state index contributed by atoms with van der Waals surface area (Å²) in [5.74, 6) is 0.967. The van der Waals surface area contributed by atoms with Crippen molar-refractivity contribution in [2.24, 2.45) is 0 Å². The number of fused-ring (bicyclic) bond motifs is 1. The van der Waals surface area contributed by atoms with Gasteiger partial charge in [-0.2, -0.15) is 0 Å². The van der Waals surface area contributed by atoms with Gasteiger partial charge in [0.1, 0.15) is 5.82 Å². The van der Waals surface area contributed by atoms with Gasteiger partial charge in [-0.05, 0) is 31.0 Å². The average molecular weight is 252 g/mol. The molecule has 0 atom stereocenters. The van der Waals surface area contributed by atoms with Crippen molar-refractivity contribution in [1.82, 2.24) is 15.3 Å². The van der Waals surface area contributed by atoms with Crippen LogP contribution in [0.1, 0.15) is 32.5 Å². The molecule has 2 aromatic rings. The van der Waals surface area contributed by atoms with E-state index in [9.17, 15) is 0 Å². The largest absolute Gasteiger partial charge is 0.341 e. The molecule has 0 aliphatic rings. The monoisotopic (exact) mass is 251 g/mol. The number of imidazole rings is 1. The van der Waals surface area contributed by atoms with E-state index in [1.807, 2.05) is 18.2 Å².